The van der Waals surface area contributed by atoms with Crippen LogP contribution in [0.2, 0.25) is 0 Å². The van der Waals surface area contributed by atoms with E-state index in [0.29, 0.717) is 11.1 Å². The van der Waals surface area contributed by atoms with Crippen molar-refractivity contribution in [3.63, 3.8) is 0 Å². The predicted molar refractivity (Wildman–Crippen MR) is 92.6 cm³/mol. The minimum Gasteiger partial charge on any atom is -0.450 e. The van der Waals surface area contributed by atoms with Crippen molar-refractivity contribution in [2.75, 3.05) is 7.05 Å². The number of halogens is 2. The number of hydrogen-bond donors (Lipinski definition) is 0. The van der Waals surface area contributed by atoms with Crippen LogP contribution in [0.1, 0.15) is 40.2 Å². The standard InChI is InChI=1S/C20H19F2NO2/c1-11-6-5-7-15-12(2)19(25-18(11)15)20(24)23(4)13(3)14-8-9-16(21)17(22)10-14/h5-10,13H,1-4H3. The van der Waals surface area contributed by atoms with Crippen LogP contribution in [-0.2, 0) is 0 Å². The fourth-order valence-corrected chi connectivity index (χ4v) is 2.92. The van der Waals surface area contributed by atoms with Crippen molar-refractivity contribution < 1.29 is 18.0 Å². The minimum atomic E-state index is -0.930. The van der Waals surface area contributed by atoms with E-state index in [1.54, 1.807) is 14.0 Å². The van der Waals surface area contributed by atoms with Crippen LogP contribution < -0.4 is 0 Å². The molecule has 5 heteroatoms. The van der Waals surface area contributed by atoms with Crippen LogP contribution in [0.15, 0.2) is 40.8 Å². The molecule has 0 radical (unpaired) electrons. The highest BCUT2D eigenvalue weighted by Gasteiger charge is 2.25. The van der Waals surface area contributed by atoms with Gasteiger partial charge in [0.2, 0.25) is 0 Å². The highest BCUT2D eigenvalue weighted by atomic mass is 19.2. The number of rotatable bonds is 3. The zero-order chi connectivity index (χ0) is 18.3. The molecule has 0 aliphatic carbocycles. The van der Waals surface area contributed by atoms with E-state index < -0.39 is 17.7 Å². The SMILES string of the molecule is Cc1c(C(=O)N(C)C(C)c2ccc(F)c(F)c2)oc2c(C)cccc12. The van der Waals surface area contributed by atoms with Crippen molar-refractivity contribution in [3.05, 3.63) is 70.5 Å². The molecule has 3 nitrogen and oxygen atoms in total. The van der Waals surface area contributed by atoms with Gasteiger partial charge in [-0.3, -0.25) is 4.79 Å². The summed E-state index contributed by atoms with van der Waals surface area (Å²) < 4.78 is 32.4. The number of amides is 1. The van der Waals surface area contributed by atoms with Crippen molar-refractivity contribution in [2.24, 2.45) is 0 Å². The van der Waals surface area contributed by atoms with E-state index in [0.717, 1.165) is 28.6 Å². The molecule has 0 saturated carbocycles. The lowest BCUT2D eigenvalue weighted by atomic mass is 10.1. The van der Waals surface area contributed by atoms with Crippen molar-refractivity contribution in [3.8, 4) is 0 Å². The molecule has 0 spiro atoms. The molecule has 0 aliphatic heterocycles. The third-order valence-electron chi connectivity index (χ3n) is 4.68. The van der Waals surface area contributed by atoms with Gasteiger partial charge in [0.1, 0.15) is 5.58 Å². The van der Waals surface area contributed by atoms with Gasteiger partial charge in [-0.1, -0.05) is 24.3 Å². The molecule has 1 atom stereocenters. The first-order valence-electron chi connectivity index (χ1n) is 8.02. The Morgan fingerprint density at radius 3 is 2.48 bits per heavy atom. The molecule has 130 valence electrons. The molecule has 1 amide bonds. The zero-order valence-corrected chi connectivity index (χ0v) is 14.6. The maximum absolute atomic E-state index is 13.5. The van der Waals surface area contributed by atoms with Gasteiger partial charge in [-0.2, -0.15) is 0 Å². The van der Waals surface area contributed by atoms with Crippen LogP contribution in [0, 0.1) is 25.5 Å². The monoisotopic (exact) mass is 343 g/mol. The minimum absolute atomic E-state index is 0.265. The Morgan fingerprint density at radius 2 is 1.84 bits per heavy atom. The molecule has 1 heterocycles. The maximum Gasteiger partial charge on any atom is 0.290 e. The number of benzene rings is 2. The summed E-state index contributed by atoms with van der Waals surface area (Å²) in [5.41, 5.74) is 2.93. The van der Waals surface area contributed by atoms with Gasteiger partial charge in [0.05, 0.1) is 6.04 Å². The molecule has 1 unspecified atom stereocenters. The Morgan fingerprint density at radius 1 is 1.12 bits per heavy atom. The molecule has 0 bridgehead atoms. The molecule has 0 saturated heterocycles. The maximum atomic E-state index is 13.5. The Bertz CT molecular complexity index is 962. The summed E-state index contributed by atoms with van der Waals surface area (Å²) in [5, 5.41) is 0.900. The van der Waals surface area contributed by atoms with Gasteiger partial charge in [-0.05, 0) is 44.0 Å². The lowest BCUT2D eigenvalue weighted by Crippen LogP contribution is -2.29. The number of para-hydroxylation sites is 1. The Kier molecular flexibility index (Phi) is 4.33. The van der Waals surface area contributed by atoms with Crippen LogP contribution in [0.25, 0.3) is 11.0 Å². The molecular weight excluding hydrogens is 324 g/mol. The summed E-state index contributed by atoms with van der Waals surface area (Å²) in [6.45, 7) is 5.52. The highest BCUT2D eigenvalue weighted by molar-refractivity contribution is 5.99. The zero-order valence-electron chi connectivity index (χ0n) is 14.6. The Labute approximate surface area is 144 Å². The lowest BCUT2D eigenvalue weighted by molar-refractivity contribution is 0.0711. The number of carbonyl (C=O) groups excluding carboxylic acids is 1. The molecule has 3 rings (SSSR count). The number of hydrogen-bond acceptors (Lipinski definition) is 2. The summed E-state index contributed by atoms with van der Waals surface area (Å²) in [5.74, 6) is -1.87. The summed E-state index contributed by atoms with van der Waals surface area (Å²) in [6, 6.07) is 8.97. The molecule has 3 aromatic rings. The molecule has 25 heavy (non-hydrogen) atoms. The van der Waals surface area contributed by atoms with Gasteiger partial charge in [-0.15, -0.1) is 0 Å². The van der Waals surface area contributed by atoms with Crippen LogP contribution in [0.4, 0.5) is 8.78 Å². The number of furan rings is 1. The first kappa shape index (κ1) is 17.1. The number of nitrogens with zero attached hydrogens (tertiary/aromatic N) is 1. The summed E-state index contributed by atoms with van der Waals surface area (Å²) >= 11 is 0. The highest BCUT2D eigenvalue weighted by Crippen LogP contribution is 2.30. The second-order valence-electron chi connectivity index (χ2n) is 6.27. The van der Waals surface area contributed by atoms with E-state index in [-0.39, 0.29) is 11.7 Å². The molecular formula is C20H19F2NO2. The van der Waals surface area contributed by atoms with E-state index in [1.165, 1.54) is 11.0 Å². The van der Waals surface area contributed by atoms with E-state index in [4.69, 9.17) is 4.42 Å². The topological polar surface area (TPSA) is 33.5 Å². The predicted octanol–water partition coefficient (Wildman–Crippen LogP) is 5.16. The van der Waals surface area contributed by atoms with E-state index >= 15 is 0 Å². The van der Waals surface area contributed by atoms with Gasteiger partial charge in [-0.25, -0.2) is 8.78 Å². The van der Waals surface area contributed by atoms with Gasteiger partial charge < -0.3 is 9.32 Å². The average molecular weight is 343 g/mol. The quantitative estimate of drug-likeness (QED) is 0.658. The summed E-state index contributed by atoms with van der Waals surface area (Å²) in [6.07, 6.45) is 0. The first-order chi connectivity index (χ1) is 11.8. The van der Waals surface area contributed by atoms with E-state index in [9.17, 15) is 13.6 Å². The Hall–Kier alpha value is -2.69. The third kappa shape index (κ3) is 2.90. The molecule has 0 aliphatic rings. The largest absolute Gasteiger partial charge is 0.450 e. The lowest BCUT2D eigenvalue weighted by Gasteiger charge is -2.24. The van der Waals surface area contributed by atoms with Gasteiger partial charge in [0.25, 0.3) is 5.91 Å². The number of aryl methyl sites for hydroxylation is 2. The molecule has 0 N–H and O–H groups in total. The van der Waals surface area contributed by atoms with E-state index in [2.05, 4.69) is 0 Å². The number of carbonyl (C=O) groups is 1. The van der Waals surface area contributed by atoms with Crippen LogP contribution in [0.3, 0.4) is 0 Å². The fourth-order valence-electron chi connectivity index (χ4n) is 2.92. The van der Waals surface area contributed by atoms with Gasteiger partial charge in [0, 0.05) is 18.0 Å². The normalized spacial score (nSPS) is 12.4. The van der Waals surface area contributed by atoms with Crippen molar-refractivity contribution in [1.29, 1.82) is 0 Å². The second-order valence-corrected chi connectivity index (χ2v) is 6.27. The Balaban J connectivity index is 1.96. The van der Waals surface area contributed by atoms with Crippen molar-refractivity contribution in [2.45, 2.75) is 26.8 Å². The average Bonchev–Trinajstić information content (AvgIpc) is 2.94. The molecule has 1 aromatic heterocycles. The van der Waals surface area contributed by atoms with Crippen molar-refractivity contribution >= 4 is 16.9 Å². The second kappa shape index (κ2) is 6.31. The van der Waals surface area contributed by atoms with Gasteiger partial charge >= 0.3 is 0 Å². The van der Waals surface area contributed by atoms with Gasteiger partial charge in [0.15, 0.2) is 17.4 Å². The van der Waals surface area contributed by atoms with Crippen molar-refractivity contribution in [1.82, 2.24) is 4.90 Å². The number of fused-ring (bicyclic) bond motifs is 1. The van der Waals surface area contributed by atoms with Crippen LogP contribution >= 0.6 is 0 Å². The summed E-state index contributed by atoms with van der Waals surface area (Å²) in [7, 11) is 1.62. The fraction of sp³-hybridized carbons (Fsp3) is 0.250. The van der Waals surface area contributed by atoms with E-state index in [1.807, 2.05) is 32.0 Å². The molecule has 2 aromatic carbocycles. The third-order valence-corrected chi connectivity index (χ3v) is 4.68. The first-order valence-corrected chi connectivity index (χ1v) is 8.02. The summed E-state index contributed by atoms with van der Waals surface area (Å²) in [4.78, 5) is 14.3. The van der Waals surface area contributed by atoms with Crippen LogP contribution in [-0.4, -0.2) is 17.9 Å². The van der Waals surface area contributed by atoms with Crippen LogP contribution in [0.5, 0.6) is 0 Å². The smallest absolute Gasteiger partial charge is 0.290 e. The molecule has 0 fully saturated rings.